The molecular weight excluding hydrogens is 272 g/mol. The van der Waals surface area contributed by atoms with Crippen molar-refractivity contribution in [3.05, 3.63) is 22.4 Å². The molecule has 0 saturated heterocycles. The van der Waals surface area contributed by atoms with Crippen molar-refractivity contribution in [2.75, 3.05) is 30.0 Å². The highest BCUT2D eigenvalue weighted by Crippen LogP contribution is 2.26. The van der Waals surface area contributed by atoms with Crippen LogP contribution in [0.3, 0.4) is 0 Å². The zero-order chi connectivity index (χ0) is 14.5. The highest BCUT2D eigenvalue weighted by molar-refractivity contribution is 7.10. The fourth-order valence-electron chi connectivity index (χ4n) is 1.86. The number of thiophene rings is 1. The molecule has 0 aliphatic heterocycles. The van der Waals surface area contributed by atoms with Gasteiger partial charge >= 0.3 is 0 Å². The van der Waals surface area contributed by atoms with E-state index in [9.17, 15) is 0 Å². The topological polar surface area (TPSA) is 80.0 Å². The van der Waals surface area contributed by atoms with Gasteiger partial charge in [0.05, 0.1) is 6.04 Å². The summed E-state index contributed by atoms with van der Waals surface area (Å²) in [6.45, 7) is 2.16. The zero-order valence-electron chi connectivity index (χ0n) is 12.0. The predicted octanol–water partition coefficient (Wildman–Crippen LogP) is 2.53. The highest BCUT2D eigenvalue weighted by Gasteiger charge is 2.14. The first-order chi connectivity index (χ1) is 9.60. The molecule has 2 aromatic rings. The van der Waals surface area contributed by atoms with Crippen LogP contribution in [-0.4, -0.2) is 29.0 Å². The van der Waals surface area contributed by atoms with Gasteiger partial charge in [-0.25, -0.2) is 0 Å². The summed E-state index contributed by atoms with van der Waals surface area (Å²) in [4.78, 5) is 15.7. The normalized spacial score (nSPS) is 12.2. The standard InChI is InChI=1S/C13H20N6S/c1-4-6-9(10-7-5-8-20-10)15-12-16-11(14)17-13(18-12)19(2)3/h5,7-9H,4,6H2,1-3H3,(H3,14,15,16,17,18). The van der Waals surface area contributed by atoms with E-state index in [0.29, 0.717) is 11.9 Å². The number of nitrogen functional groups attached to an aromatic ring is 1. The second-order valence-electron chi connectivity index (χ2n) is 4.71. The largest absolute Gasteiger partial charge is 0.368 e. The molecule has 0 aromatic carbocycles. The molecule has 2 rings (SSSR count). The molecule has 7 heteroatoms. The van der Waals surface area contributed by atoms with Crippen molar-refractivity contribution in [1.29, 1.82) is 0 Å². The Kier molecular flexibility index (Phi) is 4.73. The van der Waals surface area contributed by atoms with E-state index in [1.807, 2.05) is 19.0 Å². The average molecular weight is 292 g/mol. The van der Waals surface area contributed by atoms with Gasteiger partial charge in [-0.05, 0) is 17.9 Å². The van der Waals surface area contributed by atoms with Crippen LogP contribution in [0, 0.1) is 0 Å². The van der Waals surface area contributed by atoms with Crippen molar-refractivity contribution in [2.45, 2.75) is 25.8 Å². The van der Waals surface area contributed by atoms with Gasteiger partial charge in [0.25, 0.3) is 0 Å². The quantitative estimate of drug-likeness (QED) is 0.851. The molecule has 3 N–H and O–H groups in total. The number of anilines is 3. The minimum absolute atomic E-state index is 0.205. The van der Waals surface area contributed by atoms with E-state index in [0.717, 1.165) is 12.8 Å². The number of nitrogens with zero attached hydrogens (tertiary/aromatic N) is 4. The van der Waals surface area contributed by atoms with Gasteiger partial charge < -0.3 is 16.0 Å². The van der Waals surface area contributed by atoms with E-state index >= 15 is 0 Å². The summed E-state index contributed by atoms with van der Waals surface area (Å²) >= 11 is 1.73. The van der Waals surface area contributed by atoms with Crippen molar-refractivity contribution in [2.24, 2.45) is 0 Å². The van der Waals surface area contributed by atoms with Gasteiger partial charge in [0, 0.05) is 19.0 Å². The minimum atomic E-state index is 0.205. The molecular formula is C13H20N6S. The van der Waals surface area contributed by atoms with Crippen molar-refractivity contribution in [3.8, 4) is 0 Å². The average Bonchev–Trinajstić information content (AvgIpc) is 2.91. The summed E-state index contributed by atoms with van der Waals surface area (Å²) in [5.74, 6) is 1.31. The molecule has 0 fully saturated rings. The second-order valence-corrected chi connectivity index (χ2v) is 5.69. The summed E-state index contributed by atoms with van der Waals surface area (Å²) in [5, 5.41) is 5.44. The maximum absolute atomic E-state index is 5.74. The number of nitrogens with one attached hydrogen (secondary N) is 1. The molecule has 2 aromatic heterocycles. The molecule has 2 heterocycles. The Balaban J connectivity index is 2.22. The van der Waals surface area contributed by atoms with Gasteiger partial charge in [-0.2, -0.15) is 15.0 Å². The monoisotopic (exact) mass is 292 g/mol. The van der Waals surface area contributed by atoms with Crippen molar-refractivity contribution in [1.82, 2.24) is 15.0 Å². The molecule has 20 heavy (non-hydrogen) atoms. The molecule has 0 saturated carbocycles. The lowest BCUT2D eigenvalue weighted by atomic mass is 10.1. The molecule has 0 bridgehead atoms. The zero-order valence-corrected chi connectivity index (χ0v) is 12.8. The number of hydrogen-bond acceptors (Lipinski definition) is 7. The van der Waals surface area contributed by atoms with Crippen LogP contribution in [-0.2, 0) is 0 Å². The number of rotatable bonds is 6. The van der Waals surface area contributed by atoms with E-state index in [4.69, 9.17) is 5.73 Å². The van der Waals surface area contributed by atoms with Crippen LogP contribution in [0.4, 0.5) is 17.8 Å². The molecule has 108 valence electrons. The first-order valence-corrected chi connectivity index (χ1v) is 7.47. The SMILES string of the molecule is CCCC(Nc1nc(N)nc(N(C)C)n1)c1cccs1. The lowest BCUT2D eigenvalue weighted by molar-refractivity contribution is 0.680. The van der Waals surface area contributed by atoms with E-state index in [-0.39, 0.29) is 12.0 Å². The minimum Gasteiger partial charge on any atom is -0.368 e. The van der Waals surface area contributed by atoms with Crippen LogP contribution in [0.5, 0.6) is 0 Å². The predicted molar refractivity (Wildman–Crippen MR) is 84.2 cm³/mol. The Bertz CT molecular complexity index is 540. The van der Waals surface area contributed by atoms with E-state index < -0.39 is 0 Å². The van der Waals surface area contributed by atoms with E-state index in [2.05, 4.69) is 44.7 Å². The summed E-state index contributed by atoms with van der Waals surface area (Å²) in [5.41, 5.74) is 5.74. The van der Waals surface area contributed by atoms with E-state index in [1.54, 1.807) is 11.3 Å². The molecule has 0 aliphatic rings. The Hall–Kier alpha value is -1.89. The first-order valence-electron chi connectivity index (χ1n) is 6.59. The molecule has 1 unspecified atom stereocenters. The number of nitrogens with two attached hydrogens (primary N) is 1. The van der Waals surface area contributed by atoms with Gasteiger partial charge in [0.1, 0.15) is 0 Å². The Labute approximate surface area is 123 Å². The van der Waals surface area contributed by atoms with Gasteiger partial charge in [-0.1, -0.05) is 19.4 Å². The highest BCUT2D eigenvalue weighted by atomic mass is 32.1. The van der Waals surface area contributed by atoms with Crippen LogP contribution in [0.2, 0.25) is 0 Å². The second kappa shape index (κ2) is 6.51. The Morgan fingerprint density at radius 2 is 2.15 bits per heavy atom. The third-order valence-electron chi connectivity index (χ3n) is 2.81. The molecule has 0 amide bonds. The van der Waals surface area contributed by atoms with Gasteiger partial charge in [0.2, 0.25) is 17.8 Å². The van der Waals surface area contributed by atoms with Crippen molar-refractivity contribution in [3.63, 3.8) is 0 Å². The molecule has 0 spiro atoms. The molecule has 0 aliphatic carbocycles. The van der Waals surface area contributed by atoms with Crippen LogP contribution in [0.15, 0.2) is 17.5 Å². The smallest absolute Gasteiger partial charge is 0.231 e. The number of hydrogen-bond donors (Lipinski definition) is 2. The van der Waals surface area contributed by atoms with E-state index in [1.165, 1.54) is 4.88 Å². The van der Waals surface area contributed by atoms with Crippen LogP contribution >= 0.6 is 11.3 Å². The maximum Gasteiger partial charge on any atom is 0.231 e. The van der Waals surface area contributed by atoms with Crippen molar-refractivity contribution < 1.29 is 0 Å². The third kappa shape index (κ3) is 3.57. The van der Waals surface area contributed by atoms with Crippen molar-refractivity contribution >= 4 is 29.2 Å². The summed E-state index contributed by atoms with van der Waals surface area (Å²) in [6.07, 6.45) is 2.10. The Morgan fingerprint density at radius 3 is 2.75 bits per heavy atom. The fraction of sp³-hybridized carbons (Fsp3) is 0.462. The molecule has 6 nitrogen and oxygen atoms in total. The number of aromatic nitrogens is 3. The van der Waals surface area contributed by atoms with Crippen LogP contribution < -0.4 is 16.0 Å². The summed E-state index contributed by atoms with van der Waals surface area (Å²) < 4.78 is 0. The van der Waals surface area contributed by atoms with Gasteiger partial charge in [-0.3, -0.25) is 0 Å². The maximum atomic E-state index is 5.74. The molecule has 1 atom stereocenters. The Morgan fingerprint density at radius 1 is 1.35 bits per heavy atom. The molecule has 0 radical (unpaired) electrons. The van der Waals surface area contributed by atoms with Gasteiger partial charge in [-0.15, -0.1) is 11.3 Å². The summed E-state index contributed by atoms with van der Waals surface area (Å²) in [6, 6.07) is 4.38. The van der Waals surface area contributed by atoms with Gasteiger partial charge in [0.15, 0.2) is 0 Å². The lowest BCUT2D eigenvalue weighted by Gasteiger charge is -2.18. The summed E-state index contributed by atoms with van der Waals surface area (Å²) in [7, 11) is 3.75. The lowest BCUT2D eigenvalue weighted by Crippen LogP contribution is -2.18. The van der Waals surface area contributed by atoms with Crippen LogP contribution in [0.1, 0.15) is 30.7 Å². The fourth-order valence-corrected chi connectivity index (χ4v) is 2.68. The first kappa shape index (κ1) is 14.5. The third-order valence-corrected chi connectivity index (χ3v) is 3.79. The van der Waals surface area contributed by atoms with Crippen LogP contribution in [0.25, 0.3) is 0 Å².